The summed E-state index contributed by atoms with van der Waals surface area (Å²) >= 11 is 1.68. The molecule has 0 unspecified atom stereocenters. The molecule has 1 aromatic carbocycles. The van der Waals surface area contributed by atoms with E-state index in [9.17, 15) is 0 Å². The molecule has 3 nitrogen and oxygen atoms in total. The van der Waals surface area contributed by atoms with Crippen LogP contribution in [0.15, 0.2) is 17.0 Å². The van der Waals surface area contributed by atoms with Gasteiger partial charge in [0, 0.05) is 11.4 Å². The number of thioether (sulfide) groups is 1. The summed E-state index contributed by atoms with van der Waals surface area (Å²) in [5.41, 5.74) is 4.43. The highest BCUT2D eigenvalue weighted by Crippen LogP contribution is 2.29. The van der Waals surface area contributed by atoms with Crippen LogP contribution in [0.4, 0.5) is 0 Å². The van der Waals surface area contributed by atoms with E-state index in [1.165, 1.54) is 10.5 Å². The first-order valence-corrected chi connectivity index (χ1v) is 6.10. The maximum atomic E-state index is 8.73. The number of methoxy groups -OCH3 is 1. The van der Waals surface area contributed by atoms with Gasteiger partial charge in [-0.3, -0.25) is 0 Å². The van der Waals surface area contributed by atoms with Crippen LogP contribution in [-0.4, -0.2) is 18.6 Å². The van der Waals surface area contributed by atoms with Crippen molar-refractivity contribution in [2.45, 2.75) is 24.8 Å². The van der Waals surface area contributed by atoms with Gasteiger partial charge in [-0.15, -0.1) is 11.8 Å². The molecule has 0 aliphatic carbocycles. The molecule has 0 saturated heterocycles. The van der Waals surface area contributed by atoms with Gasteiger partial charge in [-0.2, -0.15) is 0 Å². The summed E-state index contributed by atoms with van der Waals surface area (Å²) in [6.45, 7) is 2.54. The Hall–Kier alpha value is -0.710. The van der Waals surface area contributed by atoms with Gasteiger partial charge < -0.3 is 9.94 Å². The van der Waals surface area contributed by atoms with Crippen LogP contribution >= 0.6 is 11.8 Å². The molecule has 0 bridgehead atoms. The molecule has 0 fully saturated rings. The lowest BCUT2D eigenvalue weighted by Gasteiger charge is -2.13. The zero-order valence-electron chi connectivity index (χ0n) is 9.33. The molecule has 2 N–H and O–H groups in total. The van der Waals surface area contributed by atoms with Crippen LogP contribution < -0.4 is 10.2 Å². The fourth-order valence-corrected chi connectivity index (χ4v) is 2.18. The fourth-order valence-electron chi connectivity index (χ4n) is 1.52. The number of rotatable bonds is 5. The second-order valence-corrected chi connectivity index (χ2v) is 4.01. The lowest BCUT2D eigenvalue weighted by molar-refractivity contribution is 0.160. The Morgan fingerprint density at radius 2 is 2.13 bits per heavy atom. The Morgan fingerprint density at radius 1 is 1.40 bits per heavy atom. The summed E-state index contributed by atoms with van der Waals surface area (Å²) in [5.74, 6) is 0.889. The van der Waals surface area contributed by atoms with Crippen molar-refractivity contribution in [3.05, 3.63) is 23.3 Å². The quantitative estimate of drug-likeness (QED) is 0.599. The van der Waals surface area contributed by atoms with Crippen molar-refractivity contribution in [2.75, 3.05) is 13.4 Å². The van der Waals surface area contributed by atoms with Crippen molar-refractivity contribution < 1.29 is 9.94 Å². The monoisotopic (exact) mass is 227 g/mol. The van der Waals surface area contributed by atoms with E-state index in [-0.39, 0.29) is 0 Å². The van der Waals surface area contributed by atoms with Crippen molar-refractivity contribution >= 4 is 11.8 Å². The molecule has 0 heterocycles. The van der Waals surface area contributed by atoms with Crippen molar-refractivity contribution in [1.29, 1.82) is 0 Å². The van der Waals surface area contributed by atoms with Crippen LogP contribution in [0.5, 0.6) is 5.75 Å². The van der Waals surface area contributed by atoms with Crippen LogP contribution in [0.25, 0.3) is 0 Å². The minimum Gasteiger partial charge on any atom is -0.496 e. The van der Waals surface area contributed by atoms with Crippen molar-refractivity contribution in [3.63, 3.8) is 0 Å². The molecule has 4 heteroatoms. The summed E-state index contributed by atoms with van der Waals surface area (Å²) in [5, 5.41) is 8.73. The van der Waals surface area contributed by atoms with E-state index in [0.29, 0.717) is 6.54 Å². The van der Waals surface area contributed by atoms with Crippen LogP contribution in [0, 0.1) is 0 Å². The van der Waals surface area contributed by atoms with Gasteiger partial charge in [-0.1, -0.05) is 6.92 Å². The molecule has 0 aliphatic rings. The van der Waals surface area contributed by atoms with Gasteiger partial charge in [0.05, 0.1) is 7.11 Å². The molecule has 0 radical (unpaired) electrons. The average molecular weight is 227 g/mol. The topological polar surface area (TPSA) is 41.5 Å². The molecule has 0 spiro atoms. The smallest absolute Gasteiger partial charge is 0.122 e. The lowest BCUT2D eigenvalue weighted by Crippen LogP contribution is -2.08. The van der Waals surface area contributed by atoms with E-state index in [1.807, 2.05) is 12.3 Å². The van der Waals surface area contributed by atoms with Gasteiger partial charge in [0.1, 0.15) is 5.75 Å². The first-order valence-electron chi connectivity index (χ1n) is 4.87. The highest BCUT2D eigenvalue weighted by atomic mass is 32.2. The van der Waals surface area contributed by atoms with Crippen LogP contribution in [0.2, 0.25) is 0 Å². The van der Waals surface area contributed by atoms with Gasteiger partial charge in [0.15, 0.2) is 0 Å². The van der Waals surface area contributed by atoms with E-state index in [0.717, 1.165) is 17.7 Å². The summed E-state index contributed by atoms with van der Waals surface area (Å²) in [4.78, 5) is 1.18. The molecule has 0 saturated carbocycles. The number of ether oxygens (including phenoxy) is 1. The fraction of sp³-hybridized carbons (Fsp3) is 0.455. The number of hydrogen-bond donors (Lipinski definition) is 2. The van der Waals surface area contributed by atoms with Gasteiger partial charge in [0.25, 0.3) is 0 Å². The van der Waals surface area contributed by atoms with E-state index in [4.69, 9.17) is 9.94 Å². The molecule has 15 heavy (non-hydrogen) atoms. The number of benzene rings is 1. The zero-order chi connectivity index (χ0) is 11.3. The molecule has 0 amide bonds. The highest BCUT2D eigenvalue weighted by Gasteiger charge is 2.08. The lowest BCUT2D eigenvalue weighted by atomic mass is 10.1. The number of hydroxylamine groups is 1. The summed E-state index contributed by atoms with van der Waals surface area (Å²) in [6.07, 6.45) is 2.98. The third-order valence-corrected chi connectivity index (χ3v) is 3.15. The molecular formula is C11H17NO2S. The Labute approximate surface area is 94.8 Å². The first-order chi connectivity index (χ1) is 7.26. The molecule has 0 aromatic heterocycles. The first kappa shape index (κ1) is 12.4. The van der Waals surface area contributed by atoms with Crippen LogP contribution in [-0.2, 0) is 13.0 Å². The van der Waals surface area contributed by atoms with Crippen molar-refractivity contribution in [1.82, 2.24) is 5.48 Å². The summed E-state index contributed by atoms with van der Waals surface area (Å²) in [6, 6.07) is 4.10. The summed E-state index contributed by atoms with van der Waals surface area (Å²) in [7, 11) is 1.67. The molecule has 1 aromatic rings. The Morgan fingerprint density at radius 3 is 2.60 bits per heavy atom. The molecule has 0 atom stereocenters. The predicted octanol–water partition coefficient (Wildman–Crippen LogP) is 2.46. The minimum atomic E-state index is 0.441. The van der Waals surface area contributed by atoms with Gasteiger partial charge in [0.2, 0.25) is 0 Å². The second-order valence-electron chi connectivity index (χ2n) is 3.16. The van der Waals surface area contributed by atoms with Crippen LogP contribution in [0.3, 0.4) is 0 Å². The third-order valence-electron chi connectivity index (χ3n) is 2.33. The molecule has 1 rings (SSSR count). The van der Waals surface area contributed by atoms with E-state index in [1.54, 1.807) is 18.9 Å². The number of hydrogen-bond acceptors (Lipinski definition) is 4. The highest BCUT2D eigenvalue weighted by molar-refractivity contribution is 7.98. The van der Waals surface area contributed by atoms with Crippen LogP contribution in [0.1, 0.15) is 18.1 Å². The minimum absolute atomic E-state index is 0.441. The summed E-state index contributed by atoms with van der Waals surface area (Å²) < 4.78 is 5.30. The number of aryl methyl sites for hydroxylation is 1. The Bertz CT molecular complexity index is 329. The maximum Gasteiger partial charge on any atom is 0.122 e. The van der Waals surface area contributed by atoms with Gasteiger partial charge in [-0.25, -0.2) is 5.48 Å². The number of nitrogens with one attached hydrogen (secondary N) is 1. The SMILES string of the molecule is CCc1cc(SC)c(CNO)cc1OC. The normalized spacial score (nSPS) is 10.4. The van der Waals surface area contributed by atoms with E-state index < -0.39 is 0 Å². The molecule has 84 valence electrons. The second kappa shape index (κ2) is 6.00. The average Bonchev–Trinajstić information content (AvgIpc) is 2.28. The third kappa shape index (κ3) is 2.87. The van der Waals surface area contributed by atoms with Gasteiger partial charge >= 0.3 is 0 Å². The Kier molecular flexibility index (Phi) is 4.94. The maximum absolute atomic E-state index is 8.73. The molecule has 0 aliphatic heterocycles. The van der Waals surface area contributed by atoms with Gasteiger partial charge in [-0.05, 0) is 35.9 Å². The largest absolute Gasteiger partial charge is 0.496 e. The standard InChI is InChI=1S/C11H17NO2S/c1-4-8-6-11(15-3)9(7-12-13)5-10(8)14-2/h5-6,12-13H,4,7H2,1-3H3. The van der Waals surface area contributed by atoms with E-state index in [2.05, 4.69) is 18.5 Å². The zero-order valence-corrected chi connectivity index (χ0v) is 10.1. The van der Waals surface area contributed by atoms with Crippen molar-refractivity contribution in [3.8, 4) is 5.75 Å². The molecular weight excluding hydrogens is 210 g/mol. The Balaban J connectivity index is 3.15. The van der Waals surface area contributed by atoms with E-state index >= 15 is 0 Å². The van der Waals surface area contributed by atoms with Crippen molar-refractivity contribution in [2.24, 2.45) is 0 Å². The predicted molar refractivity (Wildman–Crippen MR) is 62.8 cm³/mol.